The number of thiophene rings is 1. The zero-order valence-corrected chi connectivity index (χ0v) is 12.5. The molecule has 1 fully saturated rings. The van der Waals surface area contributed by atoms with Crippen LogP contribution in [0.1, 0.15) is 50.8 Å². The molecule has 0 saturated heterocycles. The highest BCUT2D eigenvalue weighted by molar-refractivity contribution is 7.09. The van der Waals surface area contributed by atoms with Gasteiger partial charge in [-0.25, -0.2) is 0 Å². The van der Waals surface area contributed by atoms with E-state index in [2.05, 4.69) is 36.3 Å². The quantitative estimate of drug-likeness (QED) is 0.778. The van der Waals surface area contributed by atoms with Crippen molar-refractivity contribution in [3.05, 3.63) is 22.4 Å². The van der Waals surface area contributed by atoms with E-state index < -0.39 is 0 Å². The largest absolute Gasteiger partial charge is 0.329 e. The predicted octanol–water partition coefficient (Wildman–Crippen LogP) is 3.62. The minimum absolute atomic E-state index is 0.222. The number of nitrogens with two attached hydrogens (primary N) is 1. The molecule has 18 heavy (non-hydrogen) atoms. The summed E-state index contributed by atoms with van der Waals surface area (Å²) in [5, 5.41) is 2.18. The van der Waals surface area contributed by atoms with Crippen LogP contribution < -0.4 is 5.73 Å². The van der Waals surface area contributed by atoms with E-state index in [4.69, 9.17) is 5.73 Å². The molecule has 0 amide bonds. The molecule has 2 nitrogen and oxygen atoms in total. The van der Waals surface area contributed by atoms with E-state index in [1.54, 1.807) is 0 Å². The molecule has 2 N–H and O–H groups in total. The van der Waals surface area contributed by atoms with Gasteiger partial charge in [0.25, 0.3) is 0 Å². The van der Waals surface area contributed by atoms with Gasteiger partial charge in [-0.05, 0) is 37.1 Å². The van der Waals surface area contributed by atoms with Crippen molar-refractivity contribution in [2.75, 3.05) is 6.54 Å². The highest BCUT2D eigenvalue weighted by Crippen LogP contribution is 2.38. The van der Waals surface area contributed by atoms with E-state index in [1.807, 2.05) is 11.3 Å². The summed E-state index contributed by atoms with van der Waals surface area (Å²) in [5.41, 5.74) is 6.38. The third-order valence-electron chi connectivity index (χ3n) is 4.26. The van der Waals surface area contributed by atoms with Gasteiger partial charge in [0.1, 0.15) is 0 Å². The maximum absolute atomic E-state index is 6.16. The van der Waals surface area contributed by atoms with Crippen LogP contribution >= 0.6 is 11.3 Å². The summed E-state index contributed by atoms with van der Waals surface area (Å²) < 4.78 is 0. The third-order valence-corrected chi connectivity index (χ3v) is 5.12. The Morgan fingerprint density at radius 1 is 1.44 bits per heavy atom. The highest BCUT2D eigenvalue weighted by Gasteiger charge is 2.41. The molecule has 3 heteroatoms. The summed E-state index contributed by atoms with van der Waals surface area (Å²) in [6.45, 7) is 6.45. The number of nitrogens with zero attached hydrogens (tertiary/aromatic N) is 1. The molecular formula is C15H26N2S. The Morgan fingerprint density at radius 2 is 2.22 bits per heavy atom. The standard InChI is InChI=1S/C15H26N2S/c1-3-9-15(4-2,12-16)17(13-7-8-13)11-14-6-5-10-18-14/h5-6,10,13H,3-4,7-9,11-12,16H2,1-2H3. The fourth-order valence-electron chi connectivity index (χ4n) is 2.99. The van der Waals surface area contributed by atoms with Crippen molar-refractivity contribution in [1.82, 2.24) is 4.90 Å². The molecule has 1 aliphatic carbocycles. The van der Waals surface area contributed by atoms with Crippen molar-refractivity contribution in [2.45, 2.75) is 64.1 Å². The molecule has 0 aromatic carbocycles. The Bertz CT molecular complexity index is 339. The van der Waals surface area contributed by atoms with Crippen molar-refractivity contribution in [2.24, 2.45) is 5.73 Å². The smallest absolute Gasteiger partial charge is 0.0336 e. The second kappa shape index (κ2) is 6.18. The van der Waals surface area contributed by atoms with Crippen LogP contribution in [0.15, 0.2) is 17.5 Å². The van der Waals surface area contributed by atoms with Crippen LogP contribution in [0.3, 0.4) is 0 Å². The van der Waals surface area contributed by atoms with Gasteiger partial charge in [-0.2, -0.15) is 0 Å². The average molecular weight is 266 g/mol. The molecule has 1 heterocycles. The summed E-state index contributed by atoms with van der Waals surface area (Å²) in [6, 6.07) is 5.19. The molecule has 102 valence electrons. The SMILES string of the molecule is CCCC(CC)(CN)N(Cc1cccs1)C1CC1. The monoisotopic (exact) mass is 266 g/mol. The van der Waals surface area contributed by atoms with Gasteiger partial charge in [-0.3, -0.25) is 4.90 Å². The third kappa shape index (κ3) is 2.95. The first-order valence-electron chi connectivity index (χ1n) is 7.25. The Balaban J connectivity index is 2.16. The van der Waals surface area contributed by atoms with Crippen LogP contribution in [0.25, 0.3) is 0 Å². The Morgan fingerprint density at radius 3 is 2.67 bits per heavy atom. The number of hydrogen-bond acceptors (Lipinski definition) is 3. The Labute approximate surface area is 115 Å². The van der Waals surface area contributed by atoms with E-state index in [1.165, 1.54) is 37.0 Å². The van der Waals surface area contributed by atoms with Gasteiger partial charge in [0, 0.05) is 29.5 Å². The van der Waals surface area contributed by atoms with Crippen molar-refractivity contribution >= 4 is 11.3 Å². The van der Waals surface area contributed by atoms with Crippen LogP contribution in [0.4, 0.5) is 0 Å². The minimum Gasteiger partial charge on any atom is -0.329 e. The van der Waals surface area contributed by atoms with Crippen molar-refractivity contribution < 1.29 is 0 Å². The van der Waals surface area contributed by atoms with E-state index in [0.29, 0.717) is 0 Å². The van der Waals surface area contributed by atoms with Crippen molar-refractivity contribution in [3.8, 4) is 0 Å². The molecule has 1 aromatic heterocycles. The lowest BCUT2D eigenvalue weighted by atomic mass is 9.88. The van der Waals surface area contributed by atoms with Crippen LogP contribution in [-0.4, -0.2) is 23.0 Å². The summed E-state index contributed by atoms with van der Waals surface area (Å²) in [4.78, 5) is 4.19. The van der Waals surface area contributed by atoms with E-state index in [9.17, 15) is 0 Å². The van der Waals surface area contributed by atoms with Gasteiger partial charge in [0.2, 0.25) is 0 Å². The van der Waals surface area contributed by atoms with Crippen LogP contribution in [-0.2, 0) is 6.54 Å². The fraction of sp³-hybridized carbons (Fsp3) is 0.733. The molecular weight excluding hydrogens is 240 g/mol. The summed E-state index contributed by atoms with van der Waals surface area (Å²) in [6.07, 6.45) is 6.33. The second-order valence-corrected chi connectivity index (χ2v) is 6.50. The second-order valence-electron chi connectivity index (χ2n) is 5.47. The van der Waals surface area contributed by atoms with Gasteiger partial charge in [0.15, 0.2) is 0 Å². The normalized spacial score (nSPS) is 19.1. The molecule has 1 atom stereocenters. The summed E-state index contributed by atoms with van der Waals surface area (Å²) in [7, 11) is 0. The van der Waals surface area contributed by atoms with E-state index in [-0.39, 0.29) is 5.54 Å². The van der Waals surface area contributed by atoms with Gasteiger partial charge >= 0.3 is 0 Å². The van der Waals surface area contributed by atoms with Crippen LogP contribution in [0.5, 0.6) is 0 Å². The molecule has 1 unspecified atom stereocenters. The molecule has 1 saturated carbocycles. The van der Waals surface area contributed by atoms with Gasteiger partial charge in [0.05, 0.1) is 0 Å². The highest BCUT2D eigenvalue weighted by atomic mass is 32.1. The first-order valence-corrected chi connectivity index (χ1v) is 8.13. The zero-order valence-electron chi connectivity index (χ0n) is 11.7. The lowest BCUT2D eigenvalue weighted by Gasteiger charge is -2.43. The molecule has 1 aliphatic rings. The van der Waals surface area contributed by atoms with Crippen molar-refractivity contribution in [1.29, 1.82) is 0 Å². The molecule has 0 radical (unpaired) electrons. The average Bonchev–Trinajstić information content (AvgIpc) is 3.11. The van der Waals surface area contributed by atoms with E-state index in [0.717, 1.165) is 19.1 Å². The minimum atomic E-state index is 0.222. The van der Waals surface area contributed by atoms with Crippen molar-refractivity contribution in [3.63, 3.8) is 0 Å². The summed E-state index contributed by atoms with van der Waals surface area (Å²) in [5.74, 6) is 0. The number of hydrogen-bond donors (Lipinski definition) is 1. The molecule has 1 aromatic rings. The van der Waals surface area contributed by atoms with Crippen LogP contribution in [0, 0.1) is 0 Å². The Kier molecular flexibility index (Phi) is 4.82. The first-order chi connectivity index (χ1) is 8.75. The topological polar surface area (TPSA) is 29.3 Å². The fourth-order valence-corrected chi connectivity index (χ4v) is 3.70. The Hall–Kier alpha value is -0.380. The number of rotatable bonds is 8. The maximum Gasteiger partial charge on any atom is 0.0336 e. The van der Waals surface area contributed by atoms with Gasteiger partial charge < -0.3 is 5.73 Å². The maximum atomic E-state index is 6.16. The summed E-state index contributed by atoms with van der Waals surface area (Å²) >= 11 is 1.87. The van der Waals surface area contributed by atoms with E-state index >= 15 is 0 Å². The lowest BCUT2D eigenvalue weighted by Crippen LogP contribution is -2.54. The predicted molar refractivity (Wildman–Crippen MR) is 79.9 cm³/mol. The lowest BCUT2D eigenvalue weighted by molar-refractivity contribution is 0.0638. The molecule has 2 rings (SSSR count). The zero-order chi connectivity index (χ0) is 13.0. The molecule has 0 aliphatic heterocycles. The van der Waals surface area contributed by atoms with Gasteiger partial charge in [-0.1, -0.05) is 26.3 Å². The first kappa shape index (κ1) is 14.0. The van der Waals surface area contributed by atoms with Crippen LogP contribution in [0.2, 0.25) is 0 Å². The molecule has 0 spiro atoms. The molecule has 0 bridgehead atoms. The van der Waals surface area contributed by atoms with Gasteiger partial charge in [-0.15, -0.1) is 11.3 Å².